The lowest BCUT2D eigenvalue weighted by Gasteiger charge is -2.27. The quantitative estimate of drug-likeness (QED) is 0.770. The van der Waals surface area contributed by atoms with Crippen LogP contribution in [0, 0.1) is 12.8 Å². The first-order chi connectivity index (χ1) is 13.2. The molecule has 0 aliphatic heterocycles. The summed E-state index contributed by atoms with van der Waals surface area (Å²) < 4.78 is 0. The van der Waals surface area contributed by atoms with Gasteiger partial charge in [-0.1, -0.05) is 44.2 Å². The number of rotatable bonds is 7. The first kappa shape index (κ1) is 21.2. The van der Waals surface area contributed by atoms with Crippen LogP contribution >= 0.6 is 0 Å². The molecule has 6 nitrogen and oxygen atoms in total. The smallest absolute Gasteiger partial charge is 0.335 e. The largest absolute Gasteiger partial charge is 0.478 e. The van der Waals surface area contributed by atoms with Crippen molar-refractivity contribution in [2.45, 2.75) is 33.4 Å². The number of amides is 2. The molecule has 2 N–H and O–H groups in total. The highest BCUT2D eigenvalue weighted by molar-refractivity contribution is 5.98. The Morgan fingerprint density at radius 2 is 1.64 bits per heavy atom. The SMILES string of the molecule is Cc1ccccc1C(=O)NC(C(=O)N(C)Cc1ccc(C(=O)O)cc1)C(C)C. The Labute approximate surface area is 165 Å². The normalized spacial score (nSPS) is 11.8. The second kappa shape index (κ2) is 9.17. The van der Waals surface area contributed by atoms with Crippen LogP contribution in [0.1, 0.15) is 45.7 Å². The van der Waals surface area contributed by atoms with Crippen molar-refractivity contribution >= 4 is 17.8 Å². The Morgan fingerprint density at radius 3 is 2.18 bits per heavy atom. The van der Waals surface area contributed by atoms with Crippen molar-refractivity contribution in [3.8, 4) is 0 Å². The van der Waals surface area contributed by atoms with Gasteiger partial charge in [0.15, 0.2) is 0 Å². The van der Waals surface area contributed by atoms with E-state index in [1.165, 1.54) is 12.1 Å². The number of carbonyl (C=O) groups excluding carboxylic acids is 2. The number of nitrogens with zero attached hydrogens (tertiary/aromatic N) is 1. The molecule has 0 spiro atoms. The molecule has 2 rings (SSSR count). The van der Waals surface area contributed by atoms with Gasteiger partial charge in [-0.05, 0) is 42.2 Å². The Hall–Kier alpha value is -3.15. The maximum absolute atomic E-state index is 12.9. The highest BCUT2D eigenvalue weighted by Gasteiger charge is 2.27. The topological polar surface area (TPSA) is 86.7 Å². The van der Waals surface area contributed by atoms with E-state index in [2.05, 4.69) is 5.32 Å². The molecule has 148 valence electrons. The molecule has 0 bridgehead atoms. The van der Waals surface area contributed by atoms with Gasteiger partial charge in [-0.15, -0.1) is 0 Å². The van der Waals surface area contributed by atoms with Crippen molar-refractivity contribution < 1.29 is 19.5 Å². The standard InChI is InChI=1S/C22H26N2O4/c1-14(2)19(23-20(25)18-8-6-5-7-15(18)3)21(26)24(4)13-16-9-11-17(12-10-16)22(27)28/h5-12,14,19H,13H2,1-4H3,(H,23,25)(H,27,28). The van der Waals surface area contributed by atoms with Gasteiger partial charge in [-0.25, -0.2) is 4.79 Å². The van der Waals surface area contributed by atoms with E-state index >= 15 is 0 Å². The highest BCUT2D eigenvalue weighted by atomic mass is 16.4. The van der Waals surface area contributed by atoms with Crippen LogP contribution < -0.4 is 5.32 Å². The van der Waals surface area contributed by atoms with Gasteiger partial charge >= 0.3 is 5.97 Å². The number of carboxylic acid groups (broad SMARTS) is 1. The van der Waals surface area contributed by atoms with E-state index < -0.39 is 12.0 Å². The molecule has 0 heterocycles. The number of hydrogen-bond acceptors (Lipinski definition) is 3. The zero-order valence-electron chi connectivity index (χ0n) is 16.6. The summed E-state index contributed by atoms with van der Waals surface area (Å²) in [5.41, 5.74) is 2.41. The summed E-state index contributed by atoms with van der Waals surface area (Å²) in [6, 6.07) is 13.0. The van der Waals surface area contributed by atoms with E-state index in [1.807, 2.05) is 32.9 Å². The lowest BCUT2D eigenvalue weighted by Crippen LogP contribution is -2.50. The van der Waals surface area contributed by atoms with E-state index in [-0.39, 0.29) is 23.3 Å². The summed E-state index contributed by atoms with van der Waals surface area (Å²) in [4.78, 5) is 38.0. The molecule has 1 atom stereocenters. The number of likely N-dealkylation sites (N-methyl/N-ethyl adjacent to an activating group) is 1. The van der Waals surface area contributed by atoms with Gasteiger partial charge < -0.3 is 15.3 Å². The van der Waals surface area contributed by atoms with Crippen LogP contribution in [0.25, 0.3) is 0 Å². The molecule has 0 fully saturated rings. The molecular formula is C22H26N2O4. The van der Waals surface area contributed by atoms with Crippen molar-refractivity contribution in [1.29, 1.82) is 0 Å². The van der Waals surface area contributed by atoms with Crippen LogP contribution in [-0.4, -0.2) is 40.9 Å². The summed E-state index contributed by atoms with van der Waals surface area (Å²) in [6.45, 7) is 5.95. The van der Waals surface area contributed by atoms with Crippen molar-refractivity contribution in [1.82, 2.24) is 10.2 Å². The van der Waals surface area contributed by atoms with E-state index in [4.69, 9.17) is 5.11 Å². The van der Waals surface area contributed by atoms with Crippen LogP contribution in [0.4, 0.5) is 0 Å². The van der Waals surface area contributed by atoms with E-state index in [0.717, 1.165) is 11.1 Å². The van der Waals surface area contributed by atoms with E-state index in [1.54, 1.807) is 36.2 Å². The third kappa shape index (κ3) is 5.19. The van der Waals surface area contributed by atoms with Crippen molar-refractivity contribution in [2.75, 3.05) is 7.05 Å². The van der Waals surface area contributed by atoms with Gasteiger partial charge in [0.25, 0.3) is 5.91 Å². The maximum Gasteiger partial charge on any atom is 0.335 e. The summed E-state index contributed by atoms with van der Waals surface area (Å²) in [5, 5.41) is 11.8. The fraction of sp³-hybridized carbons (Fsp3) is 0.318. The monoisotopic (exact) mass is 382 g/mol. The minimum Gasteiger partial charge on any atom is -0.478 e. The van der Waals surface area contributed by atoms with Crippen molar-refractivity contribution in [3.63, 3.8) is 0 Å². The molecule has 0 saturated heterocycles. The lowest BCUT2D eigenvalue weighted by molar-refractivity contribution is -0.133. The van der Waals surface area contributed by atoms with Crippen molar-refractivity contribution in [3.05, 3.63) is 70.8 Å². The molecule has 2 amide bonds. The second-order valence-electron chi connectivity index (χ2n) is 7.21. The molecule has 0 saturated carbocycles. The van der Waals surface area contributed by atoms with Gasteiger partial charge in [0, 0.05) is 19.2 Å². The van der Waals surface area contributed by atoms with Gasteiger partial charge in [0.2, 0.25) is 5.91 Å². The molecule has 0 aromatic heterocycles. The molecule has 0 aliphatic rings. The third-order valence-corrected chi connectivity index (χ3v) is 4.61. The molecule has 28 heavy (non-hydrogen) atoms. The van der Waals surface area contributed by atoms with Crippen LogP contribution in [0.15, 0.2) is 48.5 Å². The second-order valence-corrected chi connectivity index (χ2v) is 7.21. The third-order valence-electron chi connectivity index (χ3n) is 4.61. The zero-order valence-corrected chi connectivity index (χ0v) is 16.6. The average Bonchev–Trinajstić information content (AvgIpc) is 2.65. The Bertz CT molecular complexity index is 859. The first-order valence-corrected chi connectivity index (χ1v) is 9.14. The Morgan fingerprint density at radius 1 is 1.04 bits per heavy atom. The number of aromatic carboxylic acids is 1. The molecule has 6 heteroatoms. The van der Waals surface area contributed by atoms with Crippen LogP contribution in [-0.2, 0) is 11.3 Å². The fourth-order valence-electron chi connectivity index (χ4n) is 2.90. The molecule has 0 aliphatic carbocycles. The number of hydrogen-bond donors (Lipinski definition) is 2. The van der Waals surface area contributed by atoms with Gasteiger partial charge in [-0.2, -0.15) is 0 Å². The maximum atomic E-state index is 12.9. The Balaban J connectivity index is 2.09. The van der Waals surface area contributed by atoms with Crippen LogP contribution in [0.3, 0.4) is 0 Å². The van der Waals surface area contributed by atoms with Gasteiger partial charge in [0.05, 0.1) is 5.56 Å². The molecule has 2 aromatic carbocycles. The number of nitrogens with one attached hydrogen (secondary N) is 1. The van der Waals surface area contributed by atoms with Crippen LogP contribution in [0.2, 0.25) is 0 Å². The Kier molecular flexibility index (Phi) is 6.93. The van der Waals surface area contributed by atoms with E-state index in [0.29, 0.717) is 12.1 Å². The van der Waals surface area contributed by atoms with Gasteiger partial charge in [0.1, 0.15) is 6.04 Å². The minimum absolute atomic E-state index is 0.0858. The average molecular weight is 382 g/mol. The number of aryl methyl sites for hydroxylation is 1. The molecule has 2 aromatic rings. The number of carbonyl (C=O) groups is 3. The number of benzene rings is 2. The van der Waals surface area contributed by atoms with Crippen LogP contribution in [0.5, 0.6) is 0 Å². The number of carboxylic acids is 1. The first-order valence-electron chi connectivity index (χ1n) is 9.14. The lowest BCUT2D eigenvalue weighted by atomic mass is 10.0. The van der Waals surface area contributed by atoms with E-state index in [9.17, 15) is 14.4 Å². The summed E-state index contributed by atoms with van der Waals surface area (Å²) >= 11 is 0. The summed E-state index contributed by atoms with van der Waals surface area (Å²) in [7, 11) is 1.67. The predicted octanol–water partition coefficient (Wildman–Crippen LogP) is 3.11. The highest BCUT2D eigenvalue weighted by Crippen LogP contribution is 2.13. The summed E-state index contributed by atoms with van der Waals surface area (Å²) in [6.07, 6.45) is 0. The summed E-state index contributed by atoms with van der Waals surface area (Å²) in [5.74, 6) is -1.55. The molecular weight excluding hydrogens is 356 g/mol. The van der Waals surface area contributed by atoms with Crippen molar-refractivity contribution in [2.24, 2.45) is 5.92 Å². The fourth-order valence-corrected chi connectivity index (χ4v) is 2.90. The minimum atomic E-state index is -0.991. The molecule has 1 unspecified atom stereocenters. The predicted molar refractivity (Wildman–Crippen MR) is 107 cm³/mol. The van der Waals surface area contributed by atoms with Gasteiger partial charge in [-0.3, -0.25) is 9.59 Å². The molecule has 0 radical (unpaired) electrons. The zero-order chi connectivity index (χ0) is 20.8.